The van der Waals surface area contributed by atoms with Crippen molar-refractivity contribution >= 4 is 17.8 Å². The zero-order valence-corrected chi connectivity index (χ0v) is 27.8. The summed E-state index contributed by atoms with van der Waals surface area (Å²) in [5.41, 5.74) is 0.970. The van der Waals surface area contributed by atoms with Gasteiger partial charge in [-0.3, -0.25) is 14.4 Å². The Hall–Kier alpha value is -1.63. The summed E-state index contributed by atoms with van der Waals surface area (Å²) >= 11 is 0. The van der Waals surface area contributed by atoms with E-state index in [1.165, 1.54) is 57.8 Å². The van der Waals surface area contributed by atoms with Crippen LogP contribution in [-0.2, 0) is 19.1 Å². The number of carbonyl (C=O) groups is 3. The molecule has 6 saturated carbocycles. The fourth-order valence-electron chi connectivity index (χ4n) is 13.3. The highest BCUT2D eigenvalue weighted by Gasteiger charge is 2.65. The zero-order chi connectivity index (χ0) is 31.0. The highest BCUT2D eigenvalue weighted by Crippen LogP contribution is 2.70. The average Bonchev–Trinajstić information content (AvgIpc) is 3.59. The third-order valence-corrected chi connectivity index (χ3v) is 15.7. The molecule has 7 nitrogen and oxygen atoms in total. The topological polar surface area (TPSA) is 95.9 Å². The van der Waals surface area contributed by atoms with Gasteiger partial charge in [0.1, 0.15) is 6.10 Å². The van der Waals surface area contributed by atoms with Crippen LogP contribution in [0.25, 0.3) is 0 Å². The van der Waals surface area contributed by atoms with Crippen molar-refractivity contribution in [3.63, 3.8) is 0 Å². The van der Waals surface area contributed by atoms with Gasteiger partial charge in [0.05, 0.1) is 11.8 Å². The third kappa shape index (κ3) is 4.70. The first-order chi connectivity index (χ1) is 21.0. The number of hydrogen-bond donors (Lipinski definition) is 2. The van der Waals surface area contributed by atoms with E-state index in [-0.39, 0.29) is 29.4 Å². The van der Waals surface area contributed by atoms with Gasteiger partial charge in [-0.1, -0.05) is 34.1 Å². The molecular weight excluding hydrogens is 552 g/mol. The Morgan fingerprint density at radius 3 is 2.36 bits per heavy atom. The second kappa shape index (κ2) is 11.3. The first-order valence-electron chi connectivity index (χ1n) is 18.4. The van der Waals surface area contributed by atoms with Crippen molar-refractivity contribution in [1.82, 2.24) is 10.2 Å². The Labute approximate surface area is 265 Å². The number of nitrogens with zero attached hydrogens (tertiary/aromatic N) is 1. The molecule has 0 bridgehead atoms. The van der Waals surface area contributed by atoms with Crippen LogP contribution in [0, 0.1) is 64.1 Å². The van der Waals surface area contributed by atoms with Crippen LogP contribution < -0.4 is 5.32 Å². The van der Waals surface area contributed by atoms with Crippen molar-refractivity contribution < 1.29 is 24.2 Å². The molecule has 7 rings (SSSR count). The van der Waals surface area contributed by atoms with Gasteiger partial charge in [-0.2, -0.15) is 0 Å². The second-order valence-electron chi connectivity index (χ2n) is 17.2. The van der Waals surface area contributed by atoms with Crippen LogP contribution >= 0.6 is 0 Å². The molecule has 0 aromatic heterocycles. The van der Waals surface area contributed by atoms with Crippen molar-refractivity contribution in [3.8, 4) is 0 Å². The number of ether oxygens (including phenoxy) is 1. The van der Waals surface area contributed by atoms with Crippen molar-refractivity contribution in [2.45, 2.75) is 129 Å². The van der Waals surface area contributed by atoms with E-state index >= 15 is 0 Å². The zero-order valence-electron chi connectivity index (χ0n) is 27.8. The van der Waals surface area contributed by atoms with E-state index in [1.54, 1.807) is 0 Å². The summed E-state index contributed by atoms with van der Waals surface area (Å²) in [5.74, 6) is 2.69. The van der Waals surface area contributed by atoms with E-state index < -0.39 is 11.9 Å². The predicted octanol–water partition coefficient (Wildman–Crippen LogP) is 6.29. The molecule has 0 radical (unpaired) electrons. The van der Waals surface area contributed by atoms with Gasteiger partial charge < -0.3 is 20.1 Å². The molecule has 7 heteroatoms. The van der Waals surface area contributed by atoms with E-state index in [9.17, 15) is 19.5 Å². The number of nitrogens with one attached hydrogen (secondary N) is 1. The van der Waals surface area contributed by atoms with Crippen molar-refractivity contribution in [3.05, 3.63) is 0 Å². The molecule has 13 atom stereocenters. The van der Waals surface area contributed by atoms with Gasteiger partial charge in [-0.15, -0.1) is 0 Å². The third-order valence-electron chi connectivity index (χ3n) is 15.7. The minimum Gasteiger partial charge on any atom is -0.481 e. The lowest BCUT2D eigenvalue weighted by Gasteiger charge is -2.68. The second-order valence-corrected chi connectivity index (χ2v) is 17.2. The monoisotopic (exact) mass is 610 g/mol. The van der Waals surface area contributed by atoms with Gasteiger partial charge in [0.2, 0.25) is 5.91 Å². The summed E-state index contributed by atoms with van der Waals surface area (Å²) in [5, 5.41) is 13.5. The predicted molar refractivity (Wildman–Crippen MR) is 168 cm³/mol. The molecular formula is C37H58N2O5. The molecule has 7 fully saturated rings. The SMILES string of the molecule is CC1C(C(=O)O)CC1C(=O)OC1CCC2(C)C(CCC3(C)C4CCC5(NCCN6CCCC6=O)CCC[C@@H]5C4CCC23)C1C. The Bertz CT molecular complexity index is 1160. The molecule has 1 amide bonds. The van der Waals surface area contributed by atoms with Crippen molar-refractivity contribution in [1.29, 1.82) is 0 Å². The molecule has 6 aliphatic carbocycles. The molecule has 0 aromatic rings. The lowest BCUT2D eigenvalue weighted by Crippen LogP contribution is -2.64. The first-order valence-corrected chi connectivity index (χ1v) is 18.4. The van der Waals surface area contributed by atoms with Crippen molar-refractivity contribution in [2.24, 2.45) is 64.1 Å². The summed E-state index contributed by atoms with van der Waals surface area (Å²) in [7, 11) is 0. The van der Waals surface area contributed by atoms with Crippen LogP contribution in [0.5, 0.6) is 0 Å². The number of carboxylic acid groups (broad SMARTS) is 1. The first kappa shape index (κ1) is 31.0. The molecule has 0 aromatic carbocycles. The molecule has 0 spiro atoms. The fourth-order valence-corrected chi connectivity index (χ4v) is 13.3. The average molecular weight is 611 g/mol. The quantitative estimate of drug-likeness (QED) is 0.329. The van der Waals surface area contributed by atoms with Crippen LogP contribution in [0.3, 0.4) is 0 Å². The summed E-state index contributed by atoms with van der Waals surface area (Å²) in [6.07, 6.45) is 16.1. The van der Waals surface area contributed by atoms with E-state index in [1.807, 2.05) is 6.92 Å². The molecule has 44 heavy (non-hydrogen) atoms. The normalized spacial score (nSPS) is 49.7. The number of esters is 1. The Kier molecular flexibility index (Phi) is 7.93. The highest BCUT2D eigenvalue weighted by molar-refractivity contribution is 5.80. The molecule has 1 aliphatic heterocycles. The van der Waals surface area contributed by atoms with Gasteiger partial charge >= 0.3 is 11.9 Å². The Morgan fingerprint density at radius 2 is 1.64 bits per heavy atom. The molecule has 1 saturated heterocycles. The van der Waals surface area contributed by atoms with E-state index in [0.717, 1.165) is 69.0 Å². The minimum atomic E-state index is -0.786. The van der Waals surface area contributed by atoms with E-state index in [4.69, 9.17) is 4.74 Å². The summed E-state index contributed by atoms with van der Waals surface area (Å²) in [6.45, 7) is 12.3. The van der Waals surface area contributed by atoms with Crippen LogP contribution in [0.15, 0.2) is 0 Å². The van der Waals surface area contributed by atoms with Crippen LogP contribution in [0.4, 0.5) is 0 Å². The van der Waals surface area contributed by atoms with Crippen LogP contribution in [0.1, 0.15) is 118 Å². The Morgan fingerprint density at radius 1 is 0.886 bits per heavy atom. The maximum absolute atomic E-state index is 13.1. The Balaban J connectivity index is 1.01. The number of hydrogen-bond acceptors (Lipinski definition) is 5. The van der Waals surface area contributed by atoms with Crippen LogP contribution in [-0.4, -0.2) is 59.1 Å². The summed E-state index contributed by atoms with van der Waals surface area (Å²) in [4.78, 5) is 38.8. The fraction of sp³-hybridized carbons (Fsp3) is 0.919. The number of amides is 1. The number of aliphatic carboxylic acids is 1. The van der Waals surface area contributed by atoms with Gasteiger partial charge in [-0.05, 0) is 129 Å². The van der Waals surface area contributed by atoms with E-state index in [0.29, 0.717) is 35.0 Å². The number of likely N-dealkylation sites (tertiary alicyclic amines) is 1. The number of rotatable bonds is 7. The lowest BCUT2D eigenvalue weighted by atomic mass is 9.38. The van der Waals surface area contributed by atoms with Gasteiger partial charge in [0.25, 0.3) is 0 Å². The maximum atomic E-state index is 13.1. The summed E-state index contributed by atoms with van der Waals surface area (Å²) < 4.78 is 6.22. The number of fused-ring (bicyclic) bond motifs is 7. The highest BCUT2D eigenvalue weighted by atomic mass is 16.5. The molecule has 7 aliphatic rings. The molecule has 12 unspecified atom stereocenters. The smallest absolute Gasteiger partial charge is 0.309 e. The molecule has 2 N–H and O–H groups in total. The van der Waals surface area contributed by atoms with Crippen molar-refractivity contribution in [2.75, 3.05) is 19.6 Å². The maximum Gasteiger partial charge on any atom is 0.309 e. The molecule has 246 valence electrons. The molecule has 1 heterocycles. The van der Waals surface area contributed by atoms with E-state index in [2.05, 4.69) is 31.0 Å². The number of carboxylic acids is 1. The van der Waals surface area contributed by atoms with Gasteiger partial charge in [0, 0.05) is 31.6 Å². The van der Waals surface area contributed by atoms with Gasteiger partial charge in [0.15, 0.2) is 0 Å². The van der Waals surface area contributed by atoms with Crippen LogP contribution in [0.2, 0.25) is 0 Å². The minimum absolute atomic E-state index is 0.0342. The summed E-state index contributed by atoms with van der Waals surface area (Å²) in [6, 6.07) is 0. The van der Waals surface area contributed by atoms with Gasteiger partial charge in [-0.25, -0.2) is 0 Å². The largest absolute Gasteiger partial charge is 0.481 e. The standard InChI is InChI=1S/C37H58N2O5/c1-22-25(33(41)42)21-26(22)34(43)44-30-13-16-35(3)27(23(30)2)11-15-36(4)28-12-17-37(38-18-20-39-19-6-8-32(39)40)14-5-7-29(37)24(28)9-10-31(35)36/h22-31,38H,5-21H2,1-4H3,(H,41,42)/t22?,23?,24?,25?,26?,27?,28?,29-,30?,31?,35?,36?,37?/m1/s1. The number of carbonyl (C=O) groups excluding carboxylic acids is 2. The lowest BCUT2D eigenvalue weighted by molar-refractivity contribution is -0.203.